The molecule has 0 spiro atoms. The zero-order chi connectivity index (χ0) is 20.5. The summed E-state index contributed by atoms with van der Waals surface area (Å²) in [6.45, 7) is 0. The Morgan fingerprint density at radius 3 is 2.21 bits per heavy atom. The molecule has 2 N–H and O–H groups in total. The van der Waals surface area contributed by atoms with Crippen molar-refractivity contribution in [3.8, 4) is 23.6 Å². The molecule has 3 aromatic carbocycles. The zero-order valence-corrected chi connectivity index (χ0v) is 15.3. The van der Waals surface area contributed by atoms with Crippen LogP contribution in [0.2, 0.25) is 0 Å². The van der Waals surface area contributed by atoms with Crippen LogP contribution in [0, 0.1) is 22.7 Å². The molecule has 1 amide bonds. The second kappa shape index (κ2) is 9.40. The number of amides is 1. The first kappa shape index (κ1) is 19.2. The third-order valence-electron chi connectivity index (χ3n) is 3.88. The summed E-state index contributed by atoms with van der Waals surface area (Å²) in [6.07, 6.45) is 1.32. The van der Waals surface area contributed by atoms with E-state index < -0.39 is 5.91 Å². The fraction of sp³-hybridized carbons (Fsp3) is 0. The summed E-state index contributed by atoms with van der Waals surface area (Å²) < 4.78 is 5.72. The predicted octanol–water partition coefficient (Wildman–Crippen LogP) is 4.81. The lowest BCUT2D eigenvalue weighted by Crippen LogP contribution is -2.15. The van der Waals surface area contributed by atoms with E-state index >= 15 is 0 Å². The molecule has 140 valence electrons. The second-order valence-corrected chi connectivity index (χ2v) is 5.87. The Morgan fingerprint density at radius 2 is 1.52 bits per heavy atom. The summed E-state index contributed by atoms with van der Waals surface area (Å²) in [5, 5.41) is 23.9. The first-order chi connectivity index (χ1) is 14.2. The van der Waals surface area contributed by atoms with E-state index in [1.54, 1.807) is 48.5 Å². The van der Waals surface area contributed by atoms with Crippen LogP contribution >= 0.6 is 0 Å². The maximum absolute atomic E-state index is 12.3. The number of carbonyl (C=O) groups excluding carboxylic acids is 1. The molecule has 6 heteroatoms. The fourth-order valence-corrected chi connectivity index (χ4v) is 2.43. The Labute approximate surface area is 168 Å². The van der Waals surface area contributed by atoms with E-state index in [2.05, 4.69) is 10.6 Å². The number of anilines is 2. The maximum atomic E-state index is 12.3. The van der Waals surface area contributed by atoms with Crippen LogP contribution in [0.4, 0.5) is 11.4 Å². The van der Waals surface area contributed by atoms with Crippen molar-refractivity contribution in [2.45, 2.75) is 0 Å². The monoisotopic (exact) mass is 380 g/mol. The largest absolute Gasteiger partial charge is 0.457 e. The number of nitrogens with zero attached hydrogens (tertiary/aromatic N) is 2. The topological polar surface area (TPSA) is 97.9 Å². The van der Waals surface area contributed by atoms with Gasteiger partial charge in [0.25, 0.3) is 5.91 Å². The number of carbonyl (C=O) groups is 1. The molecule has 0 fully saturated rings. The lowest BCUT2D eigenvalue weighted by atomic mass is 10.2. The summed E-state index contributed by atoms with van der Waals surface area (Å²) >= 11 is 0. The van der Waals surface area contributed by atoms with Crippen LogP contribution in [0.5, 0.6) is 11.5 Å². The maximum Gasteiger partial charge on any atom is 0.267 e. The average molecular weight is 380 g/mol. The number of hydrogen-bond donors (Lipinski definition) is 2. The van der Waals surface area contributed by atoms with E-state index in [0.717, 1.165) is 5.75 Å². The highest BCUT2D eigenvalue weighted by Crippen LogP contribution is 2.22. The minimum atomic E-state index is -0.605. The first-order valence-electron chi connectivity index (χ1n) is 8.70. The van der Waals surface area contributed by atoms with Crippen molar-refractivity contribution < 1.29 is 9.53 Å². The molecular weight excluding hydrogens is 364 g/mol. The minimum absolute atomic E-state index is 0.123. The van der Waals surface area contributed by atoms with E-state index in [0.29, 0.717) is 22.7 Å². The number of nitrogens with one attached hydrogen (secondary N) is 2. The van der Waals surface area contributed by atoms with E-state index in [-0.39, 0.29) is 5.57 Å². The van der Waals surface area contributed by atoms with Crippen LogP contribution in [0.1, 0.15) is 5.56 Å². The van der Waals surface area contributed by atoms with Crippen LogP contribution in [-0.4, -0.2) is 5.91 Å². The van der Waals surface area contributed by atoms with Gasteiger partial charge in [-0.3, -0.25) is 4.79 Å². The standard InChI is InChI=1S/C23H16N4O2/c24-14-17-6-4-5-9-22(17)27-23(28)18(15-25)16-26-19-10-12-21(13-11-19)29-20-7-2-1-3-8-20/h1-13,16,26H,(H,27,28)/b18-16-. The quantitative estimate of drug-likeness (QED) is 0.472. The van der Waals surface area contributed by atoms with Gasteiger partial charge >= 0.3 is 0 Å². The average Bonchev–Trinajstić information content (AvgIpc) is 2.76. The van der Waals surface area contributed by atoms with Gasteiger partial charge in [0.1, 0.15) is 29.2 Å². The summed E-state index contributed by atoms with van der Waals surface area (Å²) in [6, 6.07) is 26.9. The summed E-state index contributed by atoms with van der Waals surface area (Å²) in [4.78, 5) is 12.3. The molecule has 29 heavy (non-hydrogen) atoms. The molecule has 0 aliphatic heterocycles. The third kappa shape index (κ3) is 5.22. The molecule has 0 bridgehead atoms. The van der Waals surface area contributed by atoms with Gasteiger partial charge in [-0.2, -0.15) is 10.5 Å². The molecule has 3 aromatic rings. The van der Waals surface area contributed by atoms with Crippen LogP contribution < -0.4 is 15.4 Å². The second-order valence-electron chi connectivity index (χ2n) is 5.87. The van der Waals surface area contributed by atoms with Gasteiger partial charge in [-0.15, -0.1) is 0 Å². The lowest BCUT2D eigenvalue weighted by molar-refractivity contribution is -0.112. The smallest absolute Gasteiger partial charge is 0.267 e. The minimum Gasteiger partial charge on any atom is -0.457 e. The van der Waals surface area contributed by atoms with E-state index in [9.17, 15) is 10.1 Å². The normalized spacial score (nSPS) is 10.3. The van der Waals surface area contributed by atoms with Gasteiger partial charge in [0.2, 0.25) is 0 Å². The highest BCUT2D eigenvalue weighted by atomic mass is 16.5. The predicted molar refractivity (Wildman–Crippen MR) is 110 cm³/mol. The van der Waals surface area contributed by atoms with Crippen LogP contribution in [0.3, 0.4) is 0 Å². The Kier molecular flexibility index (Phi) is 6.23. The van der Waals surface area contributed by atoms with Crippen LogP contribution in [0.15, 0.2) is 90.6 Å². The summed E-state index contributed by atoms with van der Waals surface area (Å²) in [5.41, 5.74) is 1.23. The fourth-order valence-electron chi connectivity index (χ4n) is 2.43. The van der Waals surface area contributed by atoms with Crippen LogP contribution in [0.25, 0.3) is 0 Å². The molecule has 0 aliphatic rings. The zero-order valence-electron chi connectivity index (χ0n) is 15.3. The number of benzene rings is 3. The van der Waals surface area contributed by atoms with Gasteiger partial charge in [0.15, 0.2) is 0 Å². The van der Waals surface area contributed by atoms with Gasteiger partial charge < -0.3 is 15.4 Å². The molecule has 6 nitrogen and oxygen atoms in total. The van der Waals surface area contributed by atoms with Crippen molar-refractivity contribution in [1.29, 1.82) is 10.5 Å². The van der Waals surface area contributed by atoms with Crippen molar-refractivity contribution in [2.24, 2.45) is 0 Å². The van der Waals surface area contributed by atoms with E-state index in [1.807, 2.05) is 42.5 Å². The molecule has 0 unspecified atom stereocenters. The Morgan fingerprint density at radius 1 is 0.862 bits per heavy atom. The van der Waals surface area contributed by atoms with Crippen molar-refractivity contribution >= 4 is 17.3 Å². The third-order valence-corrected chi connectivity index (χ3v) is 3.88. The Bertz CT molecular complexity index is 1110. The van der Waals surface area contributed by atoms with Crippen molar-refractivity contribution in [3.05, 3.63) is 96.2 Å². The number of nitriles is 2. The summed E-state index contributed by atoms with van der Waals surface area (Å²) in [5.74, 6) is 0.790. The van der Waals surface area contributed by atoms with Crippen molar-refractivity contribution in [3.63, 3.8) is 0 Å². The van der Waals surface area contributed by atoms with Gasteiger partial charge in [0.05, 0.1) is 11.3 Å². The van der Waals surface area contributed by atoms with Crippen molar-refractivity contribution in [2.75, 3.05) is 10.6 Å². The Hall–Kier alpha value is -4.55. The molecule has 0 heterocycles. The lowest BCUT2D eigenvalue weighted by Gasteiger charge is -2.08. The molecule has 0 aromatic heterocycles. The first-order valence-corrected chi connectivity index (χ1v) is 8.70. The molecule has 0 saturated carbocycles. The highest BCUT2D eigenvalue weighted by Gasteiger charge is 2.11. The number of rotatable bonds is 6. The van der Waals surface area contributed by atoms with Gasteiger partial charge in [-0.1, -0.05) is 30.3 Å². The van der Waals surface area contributed by atoms with E-state index in [4.69, 9.17) is 10.00 Å². The van der Waals surface area contributed by atoms with Gasteiger partial charge in [-0.05, 0) is 48.5 Å². The highest BCUT2D eigenvalue weighted by molar-refractivity contribution is 6.07. The molecule has 0 saturated heterocycles. The number of hydrogen-bond acceptors (Lipinski definition) is 5. The van der Waals surface area contributed by atoms with Crippen LogP contribution in [-0.2, 0) is 4.79 Å². The molecule has 3 rings (SSSR count). The van der Waals surface area contributed by atoms with E-state index in [1.165, 1.54) is 6.20 Å². The van der Waals surface area contributed by atoms with Gasteiger partial charge in [0, 0.05) is 11.9 Å². The molecule has 0 atom stereocenters. The molecular formula is C23H16N4O2. The number of para-hydroxylation sites is 2. The molecule has 0 radical (unpaired) electrons. The van der Waals surface area contributed by atoms with Crippen molar-refractivity contribution in [1.82, 2.24) is 0 Å². The number of ether oxygens (including phenoxy) is 1. The molecule has 0 aliphatic carbocycles. The SMILES string of the molecule is N#C/C(=C/Nc1ccc(Oc2ccccc2)cc1)C(=O)Nc1ccccc1C#N. The van der Waals surface area contributed by atoms with Gasteiger partial charge in [-0.25, -0.2) is 0 Å². The Balaban J connectivity index is 1.65. The summed E-state index contributed by atoms with van der Waals surface area (Å²) in [7, 11) is 0.